The van der Waals surface area contributed by atoms with E-state index in [0.29, 0.717) is 20.1 Å². The van der Waals surface area contributed by atoms with Crippen LogP contribution in [0.15, 0.2) is 79.2 Å². The van der Waals surface area contributed by atoms with Gasteiger partial charge in [-0.2, -0.15) is 5.10 Å². The molecule has 174 valence electrons. The van der Waals surface area contributed by atoms with Crippen molar-refractivity contribution in [3.63, 3.8) is 0 Å². The van der Waals surface area contributed by atoms with E-state index in [1.165, 1.54) is 24.4 Å². The minimum absolute atomic E-state index is 0.0900. The van der Waals surface area contributed by atoms with Crippen LogP contribution in [0.25, 0.3) is 0 Å². The molecule has 0 fully saturated rings. The number of hydrogen-bond donors (Lipinski definition) is 2. The van der Waals surface area contributed by atoms with Gasteiger partial charge in [0.1, 0.15) is 5.82 Å². The highest BCUT2D eigenvalue weighted by Gasteiger charge is 2.16. The topological polar surface area (TPSA) is 96.9 Å². The second kappa shape index (κ2) is 12.0. The van der Waals surface area contributed by atoms with E-state index in [4.69, 9.17) is 4.74 Å². The van der Waals surface area contributed by atoms with Crippen LogP contribution in [0, 0.1) is 5.82 Å². The van der Waals surface area contributed by atoms with Crippen molar-refractivity contribution in [3.8, 4) is 5.75 Å². The number of carbonyl (C=O) groups excluding carboxylic acids is 3. The van der Waals surface area contributed by atoms with Crippen molar-refractivity contribution in [3.05, 3.63) is 96.6 Å². The number of hydrogen-bond acceptors (Lipinski definition) is 5. The quantitative estimate of drug-likeness (QED) is 0.158. The summed E-state index contributed by atoms with van der Waals surface area (Å²) in [6, 6.07) is 15.2. The molecule has 0 spiro atoms. The van der Waals surface area contributed by atoms with E-state index in [2.05, 4.69) is 63.6 Å². The first kappa shape index (κ1) is 25.7. The van der Waals surface area contributed by atoms with Crippen LogP contribution in [0.5, 0.6) is 5.75 Å². The van der Waals surface area contributed by atoms with E-state index < -0.39 is 23.6 Å². The zero-order valence-corrected chi connectivity index (χ0v) is 21.9. The van der Waals surface area contributed by atoms with Crippen molar-refractivity contribution < 1.29 is 23.5 Å². The fourth-order valence-electron chi connectivity index (χ4n) is 2.66. The molecule has 3 aromatic carbocycles. The molecule has 0 atom stereocenters. The van der Waals surface area contributed by atoms with Gasteiger partial charge in [0.05, 0.1) is 22.8 Å². The van der Waals surface area contributed by atoms with Gasteiger partial charge in [-0.3, -0.25) is 9.59 Å². The number of nitrogens with one attached hydrogen (secondary N) is 2. The molecular weight excluding hydrogens is 641 g/mol. The lowest BCUT2D eigenvalue weighted by Crippen LogP contribution is -2.34. The third-order valence-corrected chi connectivity index (χ3v) is 5.72. The van der Waals surface area contributed by atoms with E-state index in [1.54, 1.807) is 36.4 Å². The van der Waals surface area contributed by atoms with Crippen LogP contribution in [-0.4, -0.2) is 30.5 Å². The van der Waals surface area contributed by atoms with Crippen LogP contribution in [0.4, 0.5) is 4.39 Å². The number of ether oxygens (including phenoxy) is 1. The molecule has 11 heteroatoms. The maximum Gasteiger partial charge on any atom is 0.343 e. The van der Waals surface area contributed by atoms with Gasteiger partial charge in [-0.15, -0.1) is 0 Å². The zero-order valence-electron chi connectivity index (χ0n) is 17.2. The second-order valence-electron chi connectivity index (χ2n) is 6.69. The average molecular weight is 656 g/mol. The Morgan fingerprint density at radius 2 is 1.68 bits per heavy atom. The van der Waals surface area contributed by atoms with Gasteiger partial charge in [-0.1, -0.05) is 44.0 Å². The molecule has 0 aliphatic carbocycles. The number of rotatable bonds is 7. The third-order valence-electron chi connectivity index (χ3n) is 4.18. The highest BCUT2D eigenvalue weighted by molar-refractivity contribution is 9.11. The highest BCUT2D eigenvalue weighted by atomic mass is 79.9. The Morgan fingerprint density at radius 3 is 2.41 bits per heavy atom. The van der Waals surface area contributed by atoms with E-state index >= 15 is 0 Å². The Hall–Kier alpha value is -2.89. The maximum absolute atomic E-state index is 13.2. The predicted octanol–water partition coefficient (Wildman–Crippen LogP) is 5.21. The lowest BCUT2D eigenvalue weighted by molar-refractivity contribution is -0.120. The molecule has 7 nitrogen and oxygen atoms in total. The van der Waals surface area contributed by atoms with Gasteiger partial charge in [0.2, 0.25) is 0 Å². The molecule has 0 heterocycles. The summed E-state index contributed by atoms with van der Waals surface area (Å²) in [6.45, 7) is -0.375. The highest BCUT2D eigenvalue weighted by Crippen LogP contribution is 2.32. The number of esters is 1. The first-order valence-corrected chi connectivity index (χ1v) is 11.9. The molecule has 0 aromatic heterocycles. The SMILES string of the molecule is O=C(CNC(=O)c1cccc(F)c1)NN=Cc1cc(Br)cc(Br)c1OC(=O)c1cccc(Br)c1. The number of carbonyl (C=O) groups is 3. The first-order valence-electron chi connectivity index (χ1n) is 9.55. The second-order valence-corrected chi connectivity index (χ2v) is 9.38. The summed E-state index contributed by atoms with van der Waals surface area (Å²) in [5.74, 6) is -2.15. The standard InChI is InChI=1S/C23H15Br3FN3O4/c24-16-5-1-4-14(7-16)23(33)34-21-15(8-17(25)10-19(21)26)11-29-30-20(31)12-28-22(32)13-3-2-6-18(27)9-13/h1-11H,12H2,(H,28,32)(H,30,31). The van der Waals surface area contributed by atoms with Crippen molar-refractivity contribution in [1.29, 1.82) is 0 Å². The Bertz CT molecular complexity index is 1280. The van der Waals surface area contributed by atoms with Crippen molar-refractivity contribution in [2.45, 2.75) is 0 Å². The molecule has 2 amide bonds. The Labute approximate surface area is 219 Å². The van der Waals surface area contributed by atoms with Crippen LogP contribution >= 0.6 is 47.8 Å². The molecule has 0 aliphatic heterocycles. The lowest BCUT2D eigenvalue weighted by atomic mass is 10.2. The number of hydrazone groups is 1. The summed E-state index contributed by atoms with van der Waals surface area (Å²) >= 11 is 10.0. The number of amides is 2. The van der Waals surface area contributed by atoms with Gasteiger partial charge in [0.15, 0.2) is 5.75 Å². The van der Waals surface area contributed by atoms with E-state index in [-0.39, 0.29) is 17.9 Å². The molecule has 3 rings (SSSR count). The largest absolute Gasteiger partial charge is 0.421 e. The predicted molar refractivity (Wildman–Crippen MR) is 135 cm³/mol. The molecule has 2 N–H and O–H groups in total. The van der Waals surface area contributed by atoms with Crippen LogP contribution < -0.4 is 15.5 Å². The van der Waals surface area contributed by atoms with Gasteiger partial charge in [-0.05, 0) is 64.5 Å². The van der Waals surface area contributed by atoms with Crippen molar-refractivity contribution in [2.24, 2.45) is 5.10 Å². The van der Waals surface area contributed by atoms with E-state index in [0.717, 1.165) is 10.5 Å². The summed E-state index contributed by atoms with van der Waals surface area (Å²) in [4.78, 5) is 36.6. The molecule has 34 heavy (non-hydrogen) atoms. The van der Waals surface area contributed by atoms with Crippen LogP contribution in [0.3, 0.4) is 0 Å². The summed E-state index contributed by atoms with van der Waals surface area (Å²) in [6.07, 6.45) is 1.30. The van der Waals surface area contributed by atoms with Crippen LogP contribution in [-0.2, 0) is 4.79 Å². The smallest absolute Gasteiger partial charge is 0.343 e. The van der Waals surface area contributed by atoms with Crippen molar-refractivity contribution in [2.75, 3.05) is 6.54 Å². The van der Waals surface area contributed by atoms with Gasteiger partial charge in [0, 0.05) is 20.1 Å². The number of benzene rings is 3. The fourth-order valence-corrected chi connectivity index (χ4v) is 4.40. The normalized spacial score (nSPS) is 10.7. The summed E-state index contributed by atoms with van der Waals surface area (Å²) in [5.41, 5.74) is 3.10. The van der Waals surface area contributed by atoms with Gasteiger partial charge in [-0.25, -0.2) is 14.6 Å². The minimum Gasteiger partial charge on any atom is -0.421 e. The minimum atomic E-state index is -0.609. The maximum atomic E-state index is 13.2. The van der Waals surface area contributed by atoms with Gasteiger partial charge >= 0.3 is 5.97 Å². The first-order chi connectivity index (χ1) is 16.2. The molecule has 0 aliphatic rings. The zero-order chi connectivity index (χ0) is 24.7. The summed E-state index contributed by atoms with van der Waals surface area (Å²) < 4.78 is 20.7. The molecule has 0 bridgehead atoms. The van der Waals surface area contributed by atoms with E-state index in [1.807, 2.05) is 0 Å². The third kappa shape index (κ3) is 7.31. The Balaban J connectivity index is 1.65. The number of halogens is 4. The average Bonchev–Trinajstić information content (AvgIpc) is 2.79. The molecule has 0 saturated carbocycles. The van der Waals surface area contributed by atoms with Crippen LogP contribution in [0.1, 0.15) is 26.3 Å². The molecule has 3 aromatic rings. The Kier molecular flexibility index (Phi) is 9.08. The number of nitrogens with zero attached hydrogens (tertiary/aromatic N) is 1. The summed E-state index contributed by atoms with van der Waals surface area (Å²) in [5, 5.41) is 6.24. The van der Waals surface area contributed by atoms with Crippen molar-refractivity contribution in [1.82, 2.24) is 10.7 Å². The fraction of sp³-hybridized carbons (Fsp3) is 0.0435. The monoisotopic (exact) mass is 653 g/mol. The van der Waals surface area contributed by atoms with E-state index in [9.17, 15) is 18.8 Å². The summed E-state index contributed by atoms with van der Waals surface area (Å²) in [7, 11) is 0. The molecular formula is C23H15Br3FN3O4. The van der Waals surface area contributed by atoms with Gasteiger partial charge < -0.3 is 10.1 Å². The molecule has 0 unspecified atom stereocenters. The molecule has 0 radical (unpaired) electrons. The molecule has 0 saturated heterocycles. The van der Waals surface area contributed by atoms with Crippen LogP contribution in [0.2, 0.25) is 0 Å². The van der Waals surface area contributed by atoms with Crippen molar-refractivity contribution >= 4 is 71.8 Å². The lowest BCUT2D eigenvalue weighted by Gasteiger charge is -2.11. The van der Waals surface area contributed by atoms with Gasteiger partial charge in [0.25, 0.3) is 11.8 Å². The Morgan fingerprint density at radius 1 is 0.941 bits per heavy atom.